The second-order valence-corrected chi connectivity index (χ2v) is 14.6. The van der Waals surface area contributed by atoms with Gasteiger partial charge in [-0.2, -0.15) is 5.10 Å². The van der Waals surface area contributed by atoms with Gasteiger partial charge in [0.1, 0.15) is 11.5 Å². The molecule has 0 saturated heterocycles. The van der Waals surface area contributed by atoms with E-state index >= 15 is 0 Å². The number of ether oxygens (including phenoxy) is 2. The van der Waals surface area contributed by atoms with Gasteiger partial charge in [0.15, 0.2) is 0 Å². The van der Waals surface area contributed by atoms with Crippen molar-refractivity contribution in [3.05, 3.63) is 137 Å². The summed E-state index contributed by atoms with van der Waals surface area (Å²) >= 11 is 0. The second-order valence-electron chi connectivity index (χ2n) is 12.7. The molecule has 0 unspecified atom stereocenters. The number of fused-ring (bicyclic) bond motifs is 5. The van der Waals surface area contributed by atoms with E-state index in [9.17, 15) is 13.2 Å². The molecule has 0 spiro atoms. The second kappa shape index (κ2) is 11.4. The molecule has 7 rings (SSSR count). The number of methoxy groups -OCH3 is 1. The van der Waals surface area contributed by atoms with Gasteiger partial charge in [0.05, 0.1) is 35.6 Å². The number of hydrogen-bond acceptors (Lipinski definition) is 6. The highest BCUT2D eigenvalue weighted by Crippen LogP contribution is 2.63. The SMILES string of the molecule is COC(=O)[C@]12CN(S(=O)(=O)c3ccc(C)cc3)c3ccccc3[C@H]1c1c(C)nn(-c3ccccc3)c1O[C@H]2c1ccc(C(C)C)cc1. The molecule has 47 heavy (non-hydrogen) atoms. The molecule has 0 saturated carbocycles. The average molecular weight is 648 g/mol. The molecule has 8 nitrogen and oxygen atoms in total. The monoisotopic (exact) mass is 647 g/mol. The largest absolute Gasteiger partial charge is 0.468 e. The molecule has 240 valence electrons. The summed E-state index contributed by atoms with van der Waals surface area (Å²) in [5.74, 6) is -0.381. The van der Waals surface area contributed by atoms with E-state index in [1.807, 2.05) is 86.6 Å². The van der Waals surface area contributed by atoms with Gasteiger partial charge in [-0.25, -0.2) is 13.1 Å². The average Bonchev–Trinajstić information content (AvgIpc) is 3.42. The van der Waals surface area contributed by atoms with Crippen LogP contribution in [0.4, 0.5) is 5.69 Å². The Kier molecular flexibility index (Phi) is 7.47. The molecule has 3 heterocycles. The number of sulfonamides is 1. The van der Waals surface area contributed by atoms with Crippen LogP contribution in [0, 0.1) is 19.3 Å². The smallest absolute Gasteiger partial charge is 0.318 e. The number of esters is 1. The Labute approximate surface area is 275 Å². The summed E-state index contributed by atoms with van der Waals surface area (Å²) in [5, 5.41) is 4.94. The molecular weight excluding hydrogens is 611 g/mol. The number of rotatable bonds is 6. The molecule has 3 atom stereocenters. The van der Waals surface area contributed by atoms with Crippen molar-refractivity contribution in [2.45, 2.75) is 50.5 Å². The molecule has 2 aliphatic heterocycles. The fourth-order valence-electron chi connectivity index (χ4n) is 7.18. The number of aromatic nitrogens is 2. The highest BCUT2D eigenvalue weighted by Gasteiger charge is 2.64. The first-order chi connectivity index (χ1) is 22.6. The topological polar surface area (TPSA) is 90.7 Å². The Balaban J connectivity index is 1.54. The zero-order valence-corrected chi connectivity index (χ0v) is 27.9. The third kappa shape index (κ3) is 4.75. The molecule has 0 aliphatic carbocycles. The van der Waals surface area contributed by atoms with Crippen LogP contribution < -0.4 is 9.04 Å². The van der Waals surface area contributed by atoms with Crippen molar-refractivity contribution >= 4 is 21.7 Å². The van der Waals surface area contributed by atoms with E-state index in [-0.39, 0.29) is 11.4 Å². The van der Waals surface area contributed by atoms with Crippen molar-refractivity contribution in [3.8, 4) is 11.6 Å². The lowest BCUT2D eigenvalue weighted by molar-refractivity contribution is -0.162. The van der Waals surface area contributed by atoms with E-state index < -0.39 is 33.4 Å². The molecule has 5 aromatic rings. The predicted molar refractivity (Wildman–Crippen MR) is 181 cm³/mol. The first-order valence-corrected chi connectivity index (χ1v) is 17.2. The molecule has 9 heteroatoms. The zero-order chi connectivity index (χ0) is 33.1. The first kappa shape index (κ1) is 30.7. The van der Waals surface area contributed by atoms with Crippen molar-refractivity contribution in [2.24, 2.45) is 5.41 Å². The number of anilines is 1. The fourth-order valence-corrected chi connectivity index (χ4v) is 8.72. The Bertz CT molecular complexity index is 2070. The third-order valence-electron chi connectivity index (χ3n) is 9.57. The van der Waals surface area contributed by atoms with Crippen LogP contribution in [0.15, 0.2) is 108 Å². The van der Waals surface area contributed by atoms with Gasteiger partial charge in [-0.1, -0.05) is 92.2 Å². The summed E-state index contributed by atoms with van der Waals surface area (Å²) in [6.07, 6.45) is -0.920. The van der Waals surface area contributed by atoms with Crippen molar-refractivity contribution in [1.82, 2.24) is 9.78 Å². The standard InChI is InChI=1S/C38H37N3O5S/c1-24(2)27-17-19-28(20-18-27)35-38(37(42)45-5)23-40(47(43,44)30-21-15-25(3)16-22-30)32-14-10-9-13-31(32)34(38)33-26(4)39-41(36(33)46-35)29-11-7-6-8-12-29/h6-22,24,34-35H,23H2,1-5H3/t34-,35-,38+/m0/s1. The molecule has 0 amide bonds. The van der Waals surface area contributed by atoms with E-state index in [4.69, 9.17) is 14.6 Å². The maximum Gasteiger partial charge on any atom is 0.318 e. The third-order valence-corrected chi connectivity index (χ3v) is 11.3. The Morgan fingerprint density at radius 3 is 2.23 bits per heavy atom. The number of hydrogen-bond donors (Lipinski definition) is 0. The maximum absolute atomic E-state index is 14.6. The van der Waals surface area contributed by atoms with Gasteiger partial charge >= 0.3 is 5.97 Å². The van der Waals surface area contributed by atoms with Crippen LogP contribution >= 0.6 is 0 Å². The highest BCUT2D eigenvalue weighted by molar-refractivity contribution is 7.92. The van der Waals surface area contributed by atoms with Crippen LogP contribution in [-0.4, -0.2) is 37.8 Å². The van der Waals surface area contributed by atoms with E-state index in [1.54, 1.807) is 35.0 Å². The minimum Gasteiger partial charge on any atom is -0.468 e. The Morgan fingerprint density at radius 1 is 0.915 bits per heavy atom. The van der Waals surface area contributed by atoms with Crippen LogP contribution in [-0.2, 0) is 19.6 Å². The van der Waals surface area contributed by atoms with Crippen molar-refractivity contribution in [1.29, 1.82) is 0 Å². The summed E-state index contributed by atoms with van der Waals surface area (Å²) in [7, 11) is -2.77. The number of para-hydroxylation sites is 2. The number of nitrogens with zero attached hydrogens (tertiary/aromatic N) is 3. The molecule has 1 aromatic heterocycles. The molecule has 0 radical (unpaired) electrons. The van der Waals surface area contributed by atoms with Crippen LogP contribution in [0.3, 0.4) is 0 Å². The Hall–Kier alpha value is -4.89. The molecule has 2 aliphatic rings. The normalized spacial score (nSPS) is 20.2. The number of benzene rings is 4. The summed E-state index contributed by atoms with van der Waals surface area (Å²) in [5.41, 5.74) is 4.71. The van der Waals surface area contributed by atoms with Gasteiger partial charge in [0, 0.05) is 11.5 Å². The quantitative estimate of drug-likeness (QED) is 0.181. The van der Waals surface area contributed by atoms with Crippen molar-refractivity contribution in [3.63, 3.8) is 0 Å². The van der Waals surface area contributed by atoms with Gasteiger partial charge < -0.3 is 9.47 Å². The van der Waals surface area contributed by atoms with E-state index in [0.717, 1.165) is 27.9 Å². The molecule has 0 N–H and O–H groups in total. The minimum atomic E-state index is -4.12. The van der Waals surface area contributed by atoms with Gasteiger partial charge in [0.25, 0.3) is 10.0 Å². The molecule has 0 bridgehead atoms. The van der Waals surface area contributed by atoms with Crippen LogP contribution in [0.5, 0.6) is 5.88 Å². The van der Waals surface area contributed by atoms with Gasteiger partial charge in [-0.05, 0) is 66.8 Å². The van der Waals surface area contributed by atoms with Crippen LogP contribution in [0.2, 0.25) is 0 Å². The summed E-state index contributed by atoms with van der Waals surface area (Å²) < 4.78 is 44.9. The molecular formula is C38H37N3O5S. The van der Waals surface area contributed by atoms with Crippen LogP contribution in [0.25, 0.3) is 5.69 Å². The minimum absolute atomic E-state index is 0.139. The van der Waals surface area contributed by atoms with E-state index in [0.29, 0.717) is 28.7 Å². The van der Waals surface area contributed by atoms with Crippen molar-refractivity contribution < 1.29 is 22.7 Å². The number of carbonyl (C=O) groups excluding carboxylic acids is 1. The predicted octanol–water partition coefficient (Wildman–Crippen LogP) is 7.25. The fraction of sp³-hybridized carbons (Fsp3) is 0.263. The van der Waals surface area contributed by atoms with Gasteiger partial charge in [-0.15, -0.1) is 0 Å². The van der Waals surface area contributed by atoms with Gasteiger partial charge in [0.2, 0.25) is 5.88 Å². The first-order valence-electron chi connectivity index (χ1n) is 15.8. The number of aryl methyl sites for hydroxylation is 2. The highest BCUT2D eigenvalue weighted by atomic mass is 32.2. The lowest BCUT2D eigenvalue weighted by atomic mass is 9.60. The van der Waals surface area contributed by atoms with Gasteiger partial charge in [-0.3, -0.25) is 9.10 Å². The molecule has 4 aromatic carbocycles. The lowest BCUT2D eigenvalue weighted by Gasteiger charge is -2.52. The number of carbonyl (C=O) groups is 1. The lowest BCUT2D eigenvalue weighted by Crippen LogP contribution is -2.59. The summed E-state index contributed by atoms with van der Waals surface area (Å²) in [6, 6.07) is 31.9. The van der Waals surface area contributed by atoms with E-state index in [2.05, 4.69) is 13.8 Å². The summed E-state index contributed by atoms with van der Waals surface area (Å²) in [4.78, 5) is 14.7. The maximum atomic E-state index is 14.6. The van der Waals surface area contributed by atoms with E-state index in [1.165, 1.54) is 11.4 Å². The zero-order valence-electron chi connectivity index (χ0n) is 27.0. The Morgan fingerprint density at radius 2 is 1.57 bits per heavy atom. The molecule has 0 fully saturated rings. The van der Waals surface area contributed by atoms with Crippen molar-refractivity contribution in [2.75, 3.05) is 18.0 Å². The van der Waals surface area contributed by atoms with Crippen LogP contribution in [0.1, 0.15) is 65.3 Å². The summed E-state index contributed by atoms with van der Waals surface area (Å²) in [6.45, 7) is 7.85.